The number of esters is 1. The maximum atomic E-state index is 11.4. The number of ether oxygens (including phenoxy) is 2. The van der Waals surface area contributed by atoms with Gasteiger partial charge >= 0.3 is 5.97 Å². The van der Waals surface area contributed by atoms with Crippen LogP contribution in [0.2, 0.25) is 0 Å². The quantitative estimate of drug-likeness (QED) is 0.871. The molecule has 0 fully saturated rings. The number of carbonyl (C=O) groups is 1. The van der Waals surface area contributed by atoms with E-state index in [1.807, 2.05) is 30.3 Å². The molecule has 1 atom stereocenters. The third-order valence-corrected chi connectivity index (χ3v) is 3.78. The van der Waals surface area contributed by atoms with Crippen LogP contribution in [0.4, 0.5) is 0 Å². The summed E-state index contributed by atoms with van der Waals surface area (Å²) < 4.78 is 10.8. The largest absolute Gasteiger partial charge is 0.489 e. The molecule has 2 aromatic rings. The van der Waals surface area contributed by atoms with Gasteiger partial charge in [0.05, 0.1) is 11.6 Å². The summed E-state index contributed by atoms with van der Waals surface area (Å²) in [5.74, 6) is -0.165. The minimum Gasteiger partial charge on any atom is -0.489 e. The zero-order valence-corrected chi connectivity index (χ0v) is 12.8. The molecule has 0 aliphatic rings. The van der Waals surface area contributed by atoms with Crippen molar-refractivity contribution in [1.29, 1.82) is 0 Å². The van der Waals surface area contributed by atoms with Gasteiger partial charge in [-0.05, 0) is 39.7 Å². The Labute approximate surface area is 125 Å². The van der Waals surface area contributed by atoms with Crippen molar-refractivity contribution < 1.29 is 19.4 Å². The molecule has 0 saturated carbocycles. The van der Waals surface area contributed by atoms with Crippen LogP contribution in [0.3, 0.4) is 0 Å². The molecule has 5 heteroatoms. The van der Waals surface area contributed by atoms with Crippen LogP contribution in [0.5, 0.6) is 5.75 Å². The van der Waals surface area contributed by atoms with Crippen LogP contribution in [0.15, 0.2) is 40.9 Å². The molecule has 106 valence electrons. The number of fused-ring (bicyclic) bond motifs is 1. The second-order valence-corrected chi connectivity index (χ2v) is 5.45. The summed E-state index contributed by atoms with van der Waals surface area (Å²) in [6, 6.07) is 11.6. The first-order valence-corrected chi connectivity index (χ1v) is 6.86. The molecule has 0 heterocycles. The SMILES string of the molecule is COC(=O)C(C)(O)COc1ccc2ccccc2c1Br. The van der Waals surface area contributed by atoms with E-state index in [0.717, 1.165) is 15.2 Å². The Hall–Kier alpha value is -1.59. The Bertz CT molecular complexity index is 637. The zero-order chi connectivity index (χ0) is 14.8. The van der Waals surface area contributed by atoms with Crippen molar-refractivity contribution in [1.82, 2.24) is 0 Å². The lowest BCUT2D eigenvalue weighted by Gasteiger charge is -2.21. The third kappa shape index (κ3) is 2.94. The first-order chi connectivity index (χ1) is 9.45. The van der Waals surface area contributed by atoms with Crippen molar-refractivity contribution in [2.75, 3.05) is 13.7 Å². The average molecular weight is 339 g/mol. The predicted molar refractivity (Wildman–Crippen MR) is 79.8 cm³/mol. The number of halogens is 1. The van der Waals surface area contributed by atoms with E-state index in [2.05, 4.69) is 20.7 Å². The van der Waals surface area contributed by atoms with Crippen LogP contribution in [0.25, 0.3) is 10.8 Å². The second kappa shape index (κ2) is 5.81. The smallest absolute Gasteiger partial charge is 0.341 e. The van der Waals surface area contributed by atoms with E-state index in [0.29, 0.717) is 5.75 Å². The lowest BCUT2D eigenvalue weighted by molar-refractivity contribution is -0.163. The highest BCUT2D eigenvalue weighted by atomic mass is 79.9. The van der Waals surface area contributed by atoms with Crippen molar-refractivity contribution in [2.24, 2.45) is 0 Å². The van der Waals surface area contributed by atoms with E-state index < -0.39 is 11.6 Å². The topological polar surface area (TPSA) is 55.8 Å². The molecule has 2 rings (SSSR count). The molecule has 0 aliphatic heterocycles. The number of aliphatic hydroxyl groups is 1. The van der Waals surface area contributed by atoms with Gasteiger partial charge in [0.2, 0.25) is 0 Å². The molecule has 0 aliphatic carbocycles. The first kappa shape index (κ1) is 14.8. The Morgan fingerprint density at radius 1 is 1.30 bits per heavy atom. The summed E-state index contributed by atoms with van der Waals surface area (Å²) in [7, 11) is 1.22. The van der Waals surface area contributed by atoms with Crippen LogP contribution < -0.4 is 4.74 Å². The zero-order valence-electron chi connectivity index (χ0n) is 11.2. The van der Waals surface area contributed by atoms with Gasteiger partial charge in [-0.2, -0.15) is 0 Å². The van der Waals surface area contributed by atoms with Gasteiger partial charge in [-0.25, -0.2) is 4.79 Å². The minimum absolute atomic E-state index is 0.184. The van der Waals surface area contributed by atoms with Crippen LogP contribution in [-0.4, -0.2) is 30.4 Å². The van der Waals surface area contributed by atoms with Crippen LogP contribution in [0.1, 0.15) is 6.92 Å². The lowest BCUT2D eigenvalue weighted by atomic mass is 10.1. The standard InChI is InChI=1S/C15H15BrO4/c1-15(18,14(17)19-2)9-20-12-8-7-10-5-3-4-6-11(10)13(12)16/h3-8,18H,9H2,1-2H3. The maximum Gasteiger partial charge on any atom is 0.341 e. The van der Waals surface area contributed by atoms with Gasteiger partial charge in [-0.15, -0.1) is 0 Å². The number of methoxy groups -OCH3 is 1. The van der Waals surface area contributed by atoms with Gasteiger partial charge in [0.1, 0.15) is 12.4 Å². The number of rotatable bonds is 4. The fourth-order valence-electron chi connectivity index (χ4n) is 1.82. The Kier molecular flexibility index (Phi) is 4.30. The summed E-state index contributed by atoms with van der Waals surface area (Å²) in [5.41, 5.74) is -1.68. The van der Waals surface area contributed by atoms with E-state index in [1.165, 1.54) is 14.0 Å². The molecular formula is C15H15BrO4. The van der Waals surface area contributed by atoms with Crippen LogP contribution >= 0.6 is 15.9 Å². The Morgan fingerprint density at radius 3 is 2.70 bits per heavy atom. The number of carbonyl (C=O) groups excluding carboxylic acids is 1. The Morgan fingerprint density at radius 2 is 2.00 bits per heavy atom. The van der Waals surface area contributed by atoms with E-state index in [9.17, 15) is 9.90 Å². The van der Waals surface area contributed by atoms with Gasteiger partial charge in [-0.1, -0.05) is 30.3 Å². The monoisotopic (exact) mass is 338 g/mol. The van der Waals surface area contributed by atoms with Crippen LogP contribution in [-0.2, 0) is 9.53 Å². The maximum absolute atomic E-state index is 11.4. The van der Waals surface area contributed by atoms with Gasteiger partial charge in [-0.3, -0.25) is 0 Å². The highest BCUT2D eigenvalue weighted by Crippen LogP contribution is 2.33. The lowest BCUT2D eigenvalue weighted by Crippen LogP contribution is -2.42. The average Bonchev–Trinajstić information content (AvgIpc) is 2.46. The molecule has 0 spiro atoms. The third-order valence-electron chi connectivity index (χ3n) is 2.96. The molecule has 0 bridgehead atoms. The fourth-order valence-corrected chi connectivity index (χ4v) is 2.43. The van der Waals surface area contributed by atoms with E-state index >= 15 is 0 Å². The summed E-state index contributed by atoms with van der Waals surface area (Å²) in [6.07, 6.45) is 0. The molecular weight excluding hydrogens is 324 g/mol. The first-order valence-electron chi connectivity index (χ1n) is 6.06. The fraction of sp³-hybridized carbons (Fsp3) is 0.267. The normalized spacial score (nSPS) is 13.8. The van der Waals surface area contributed by atoms with Crippen molar-refractivity contribution in [2.45, 2.75) is 12.5 Å². The highest BCUT2D eigenvalue weighted by Gasteiger charge is 2.32. The molecule has 0 radical (unpaired) electrons. The minimum atomic E-state index is -1.68. The predicted octanol–water partition coefficient (Wildman–Crippen LogP) is 2.91. The van der Waals surface area contributed by atoms with E-state index in [4.69, 9.17) is 4.74 Å². The van der Waals surface area contributed by atoms with Gasteiger partial charge in [0.25, 0.3) is 0 Å². The summed E-state index contributed by atoms with van der Waals surface area (Å²) in [5, 5.41) is 12.0. The summed E-state index contributed by atoms with van der Waals surface area (Å²) >= 11 is 3.48. The number of hydrogen-bond acceptors (Lipinski definition) is 4. The van der Waals surface area contributed by atoms with Crippen molar-refractivity contribution in [3.63, 3.8) is 0 Å². The van der Waals surface area contributed by atoms with Gasteiger partial charge < -0.3 is 14.6 Å². The molecule has 1 unspecified atom stereocenters. The number of hydrogen-bond donors (Lipinski definition) is 1. The van der Waals surface area contributed by atoms with Crippen LogP contribution in [0, 0.1) is 0 Å². The number of benzene rings is 2. The van der Waals surface area contributed by atoms with E-state index in [-0.39, 0.29) is 6.61 Å². The Balaban J connectivity index is 2.23. The molecule has 4 nitrogen and oxygen atoms in total. The summed E-state index contributed by atoms with van der Waals surface area (Å²) in [4.78, 5) is 11.4. The second-order valence-electron chi connectivity index (χ2n) is 4.65. The molecule has 1 N–H and O–H groups in total. The summed E-state index contributed by atoms with van der Waals surface area (Å²) in [6.45, 7) is 1.17. The molecule has 0 saturated heterocycles. The molecule has 20 heavy (non-hydrogen) atoms. The molecule has 0 aromatic heterocycles. The molecule has 2 aromatic carbocycles. The van der Waals surface area contributed by atoms with Gasteiger partial charge in [0, 0.05) is 0 Å². The van der Waals surface area contributed by atoms with Crippen molar-refractivity contribution in [3.05, 3.63) is 40.9 Å². The molecule has 0 amide bonds. The van der Waals surface area contributed by atoms with Gasteiger partial charge in [0.15, 0.2) is 5.60 Å². The van der Waals surface area contributed by atoms with E-state index in [1.54, 1.807) is 6.07 Å². The highest BCUT2D eigenvalue weighted by molar-refractivity contribution is 9.10. The van der Waals surface area contributed by atoms with Crippen molar-refractivity contribution >= 4 is 32.7 Å². The van der Waals surface area contributed by atoms with Crippen molar-refractivity contribution in [3.8, 4) is 5.75 Å².